The van der Waals surface area contributed by atoms with Gasteiger partial charge >= 0.3 is 0 Å². The molecule has 2 aromatic rings. The molecule has 3 rings (SSSR count). The second-order valence-corrected chi connectivity index (χ2v) is 8.56. The van der Waals surface area contributed by atoms with E-state index in [9.17, 15) is 9.59 Å². The van der Waals surface area contributed by atoms with Crippen LogP contribution in [0.5, 0.6) is 0 Å². The second kappa shape index (κ2) is 9.91. The minimum atomic E-state index is -0.504. The lowest BCUT2D eigenvalue weighted by molar-refractivity contribution is -0.128. The summed E-state index contributed by atoms with van der Waals surface area (Å²) in [5, 5.41) is 3.03. The first-order valence-electron chi connectivity index (χ1n) is 9.87. The van der Waals surface area contributed by atoms with Crippen LogP contribution in [0.3, 0.4) is 0 Å². The second-order valence-electron chi connectivity index (χ2n) is 7.39. The number of methoxy groups -OCH3 is 1. The van der Waals surface area contributed by atoms with Crippen LogP contribution in [0.15, 0.2) is 47.5 Å². The minimum absolute atomic E-state index is 0.0904. The molecule has 1 N–H and O–H groups in total. The van der Waals surface area contributed by atoms with Crippen molar-refractivity contribution in [1.82, 2.24) is 4.90 Å². The average molecular weight is 426 g/mol. The molecule has 1 heterocycles. The Bertz CT molecular complexity index is 974. The standard InChI is InChI=1S/C23H27N3O3S/c1-15-6-5-7-18(13-15)24-23-26(10-11-29-4)22(28)20(30-23)14-21(27)25-19-9-8-16(2)12-17(19)3/h5-9,12-13,20H,10-11,14H2,1-4H3,(H,25,27)/t20-/m0/s1. The lowest BCUT2D eigenvalue weighted by Crippen LogP contribution is -2.35. The topological polar surface area (TPSA) is 71.0 Å². The molecular weight excluding hydrogens is 398 g/mol. The van der Waals surface area contributed by atoms with E-state index in [2.05, 4.69) is 10.3 Å². The quantitative estimate of drug-likeness (QED) is 0.721. The van der Waals surface area contributed by atoms with E-state index in [4.69, 9.17) is 4.74 Å². The highest BCUT2D eigenvalue weighted by atomic mass is 32.2. The van der Waals surface area contributed by atoms with Gasteiger partial charge in [-0.1, -0.05) is 41.6 Å². The number of hydrogen-bond acceptors (Lipinski definition) is 5. The van der Waals surface area contributed by atoms with Gasteiger partial charge in [0.1, 0.15) is 5.25 Å². The summed E-state index contributed by atoms with van der Waals surface area (Å²) in [6, 6.07) is 13.7. The molecule has 1 saturated heterocycles. The molecule has 0 bridgehead atoms. The highest BCUT2D eigenvalue weighted by Gasteiger charge is 2.39. The van der Waals surface area contributed by atoms with E-state index in [-0.39, 0.29) is 18.2 Å². The van der Waals surface area contributed by atoms with E-state index in [1.54, 1.807) is 12.0 Å². The van der Waals surface area contributed by atoms with Crippen molar-refractivity contribution >= 4 is 40.1 Å². The summed E-state index contributed by atoms with van der Waals surface area (Å²) in [5.74, 6) is -0.296. The maximum atomic E-state index is 13.0. The van der Waals surface area contributed by atoms with Crippen molar-refractivity contribution in [2.24, 2.45) is 4.99 Å². The smallest absolute Gasteiger partial charge is 0.242 e. The van der Waals surface area contributed by atoms with Gasteiger partial charge in [-0.25, -0.2) is 4.99 Å². The molecule has 1 aliphatic rings. The first-order chi connectivity index (χ1) is 14.4. The van der Waals surface area contributed by atoms with Gasteiger partial charge in [0.25, 0.3) is 0 Å². The number of nitrogens with zero attached hydrogens (tertiary/aromatic N) is 2. The number of rotatable bonds is 7. The molecule has 30 heavy (non-hydrogen) atoms. The number of amidine groups is 1. The van der Waals surface area contributed by atoms with E-state index >= 15 is 0 Å². The molecule has 1 fully saturated rings. The van der Waals surface area contributed by atoms with E-state index < -0.39 is 5.25 Å². The van der Waals surface area contributed by atoms with Crippen molar-refractivity contribution in [3.05, 3.63) is 59.2 Å². The maximum Gasteiger partial charge on any atom is 0.242 e. The number of carbonyl (C=O) groups is 2. The predicted molar refractivity (Wildman–Crippen MR) is 122 cm³/mol. The molecule has 0 radical (unpaired) electrons. The number of carbonyl (C=O) groups excluding carboxylic acids is 2. The highest BCUT2D eigenvalue weighted by Crippen LogP contribution is 2.32. The van der Waals surface area contributed by atoms with Crippen LogP contribution in [0.2, 0.25) is 0 Å². The van der Waals surface area contributed by atoms with Gasteiger partial charge in [0.15, 0.2) is 5.17 Å². The third-order valence-corrected chi connectivity index (χ3v) is 5.97. The summed E-state index contributed by atoms with van der Waals surface area (Å²) < 4.78 is 5.15. The molecular formula is C23H27N3O3S. The van der Waals surface area contributed by atoms with Gasteiger partial charge in [0.2, 0.25) is 11.8 Å². The van der Waals surface area contributed by atoms with Crippen LogP contribution in [-0.4, -0.2) is 47.4 Å². The number of aliphatic imine (C=N–C) groups is 1. The Morgan fingerprint density at radius 3 is 2.63 bits per heavy atom. The number of amides is 2. The molecule has 0 aromatic heterocycles. The Balaban J connectivity index is 1.74. The van der Waals surface area contributed by atoms with Gasteiger partial charge < -0.3 is 10.1 Å². The molecule has 0 aliphatic carbocycles. The zero-order valence-electron chi connectivity index (χ0n) is 17.8. The molecule has 2 aromatic carbocycles. The maximum absolute atomic E-state index is 13.0. The van der Waals surface area contributed by atoms with Gasteiger partial charge in [-0.2, -0.15) is 0 Å². The fraction of sp³-hybridized carbons (Fsp3) is 0.348. The number of thioether (sulfide) groups is 1. The SMILES string of the molecule is COCCN1C(=O)[C@H](CC(=O)Nc2ccc(C)cc2C)SC1=Nc1cccc(C)c1. The Kier molecular flexibility index (Phi) is 7.29. The lowest BCUT2D eigenvalue weighted by Gasteiger charge is -2.16. The summed E-state index contributed by atoms with van der Waals surface area (Å²) >= 11 is 1.33. The number of nitrogens with one attached hydrogen (secondary N) is 1. The van der Waals surface area contributed by atoms with Gasteiger partial charge in [-0.3, -0.25) is 14.5 Å². The third-order valence-electron chi connectivity index (χ3n) is 4.79. The van der Waals surface area contributed by atoms with Crippen molar-refractivity contribution in [3.8, 4) is 0 Å². The molecule has 0 saturated carbocycles. The average Bonchev–Trinajstić information content (AvgIpc) is 2.97. The number of benzene rings is 2. The van der Waals surface area contributed by atoms with Gasteiger partial charge in [-0.15, -0.1) is 0 Å². The number of aryl methyl sites for hydroxylation is 3. The Morgan fingerprint density at radius 1 is 1.17 bits per heavy atom. The van der Waals surface area contributed by atoms with E-state index in [1.165, 1.54) is 11.8 Å². The van der Waals surface area contributed by atoms with Crippen molar-refractivity contribution in [2.45, 2.75) is 32.4 Å². The molecule has 1 atom stereocenters. The minimum Gasteiger partial charge on any atom is -0.383 e. The first-order valence-corrected chi connectivity index (χ1v) is 10.7. The fourth-order valence-electron chi connectivity index (χ4n) is 3.24. The lowest BCUT2D eigenvalue weighted by atomic mass is 10.1. The van der Waals surface area contributed by atoms with Crippen LogP contribution in [-0.2, 0) is 14.3 Å². The molecule has 0 unspecified atom stereocenters. The van der Waals surface area contributed by atoms with Crippen LogP contribution in [0, 0.1) is 20.8 Å². The molecule has 0 spiro atoms. The normalized spacial score (nSPS) is 17.6. The first kappa shape index (κ1) is 22.1. The molecule has 7 heteroatoms. The summed E-state index contributed by atoms with van der Waals surface area (Å²) in [5.41, 5.74) is 4.79. The van der Waals surface area contributed by atoms with Gasteiger partial charge in [-0.05, 0) is 50.1 Å². The summed E-state index contributed by atoms with van der Waals surface area (Å²) in [4.78, 5) is 31.9. The number of anilines is 1. The van der Waals surface area contributed by atoms with Crippen molar-refractivity contribution in [1.29, 1.82) is 0 Å². The van der Waals surface area contributed by atoms with Gasteiger partial charge in [0, 0.05) is 19.2 Å². The van der Waals surface area contributed by atoms with Crippen molar-refractivity contribution < 1.29 is 14.3 Å². The van der Waals surface area contributed by atoms with E-state index in [1.807, 2.05) is 63.2 Å². The van der Waals surface area contributed by atoms with Crippen LogP contribution >= 0.6 is 11.8 Å². The Morgan fingerprint density at radius 2 is 1.93 bits per heavy atom. The largest absolute Gasteiger partial charge is 0.383 e. The molecule has 2 amide bonds. The van der Waals surface area contributed by atoms with Crippen LogP contribution in [0.4, 0.5) is 11.4 Å². The predicted octanol–water partition coefficient (Wildman–Crippen LogP) is 4.22. The van der Waals surface area contributed by atoms with Crippen LogP contribution in [0.1, 0.15) is 23.1 Å². The third kappa shape index (κ3) is 5.49. The van der Waals surface area contributed by atoms with E-state index in [0.717, 1.165) is 28.1 Å². The van der Waals surface area contributed by atoms with Crippen LogP contribution < -0.4 is 5.32 Å². The Hall–Kier alpha value is -2.64. The highest BCUT2D eigenvalue weighted by molar-refractivity contribution is 8.15. The molecule has 158 valence electrons. The summed E-state index contributed by atoms with van der Waals surface area (Å²) in [7, 11) is 1.60. The summed E-state index contributed by atoms with van der Waals surface area (Å²) in [6.07, 6.45) is 0.0904. The number of hydrogen-bond donors (Lipinski definition) is 1. The zero-order valence-corrected chi connectivity index (χ0v) is 18.6. The van der Waals surface area contributed by atoms with Crippen molar-refractivity contribution in [2.75, 3.05) is 25.6 Å². The van der Waals surface area contributed by atoms with Crippen molar-refractivity contribution in [3.63, 3.8) is 0 Å². The summed E-state index contributed by atoms with van der Waals surface area (Å²) in [6.45, 7) is 6.77. The molecule has 1 aliphatic heterocycles. The Labute approximate surface area is 181 Å². The molecule has 6 nitrogen and oxygen atoms in total. The number of ether oxygens (including phenoxy) is 1. The monoisotopic (exact) mass is 425 g/mol. The fourth-order valence-corrected chi connectivity index (χ4v) is 4.43. The van der Waals surface area contributed by atoms with E-state index in [0.29, 0.717) is 18.3 Å². The zero-order chi connectivity index (χ0) is 21.7. The van der Waals surface area contributed by atoms with Gasteiger partial charge in [0.05, 0.1) is 18.8 Å². The van der Waals surface area contributed by atoms with Crippen LogP contribution in [0.25, 0.3) is 0 Å².